The van der Waals surface area contributed by atoms with Gasteiger partial charge in [-0.05, 0) is 62.5 Å². The van der Waals surface area contributed by atoms with Crippen molar-refractivity contribution in [1.29, 1.82) is 0 Å². The molecule has 2 saturated carbocycles. The lowest BCUT2D eigenvalue weighted by Gasteiger charge is -2.45. The summed E-state index contributed by atoms with van der Waals surface area (Å²) in [5, 5.41) is 0. The number of fused-ring (bicyclic) bond motifs is 3. The number of piperidine rings is 1. The van der Waals surface area contributed by atoms with Gasteiger partial charge >= 0.3 is 0 Å². The van der Waals surface area contributed by atoms with Crippen LogP contribution in [0.1, 0.15) is 56.7 Å². The molecule has 2 atom stereocenters. The number of carbonyl (C=O) groups excluding carboxylic acids is 1. The Bertz CT molecular complexity index is 786. The van der Waals surface area contributed by atoms with Crippen LogP contribution in [0.25, 0.3) is 11.0 Å². The summed E-state index contributed by atoms with van der Waals surface area (Å²) < 4.78 is 0. The van der Waals surface area contributed by atoms with Crippen LogP contribution < -0.4 is 5.73 Å². The average molecular weight is 439 g/mol. The number of hydrogen-bond donors (Lipinski definition) is 2. The summed E-state index contributed by atoms with van der Waals surface area (Å²) in [5.41, 5.74) is 8.55. The molecule has 0 radical (unpaired) electrons. The fourth-order valence-corrected chi connectivity index (χ4v) is 5.79. The maximum Gasteiger partial charge on any atom is 0.225 e. The molecule has 1 aromatic carbocycles. The molecule has 7 heteroatoms. The minimum Gasteiger partial charge on any atom is -0.342 e. The quantitative estimate of drug-likeness (QED) is 0.734. The van der Waals surface area contributed by atoms with Crippen molar-refractivity contribution in [3.05, 3.63) is 30.1 Å². The van der Waals surface area contributed by atoms with Crippen molar-refractivity contribution in [2.45, 2.75) is 56.9 Å². The van der Waals surface area contributed by atoms with Crippen LogP contribution in [-0.2, 0) is 4.79 Å². The average Bonchev–Trinajstić information content (AvgIpc) is 3.12. The smallest absolute Gasteiger partial charge is 0.225 e. The van der Waals surface area contributed by atoms with E-state index in [1.807, 2.05) is 12.1 Å². The van der Waals surface area contributed by atoms with Gasteiger partial charge in [0.2, 0.25) is 5.91 Å². The molecule has 3 aliphatic rings. The van der Waals surface area contributed by atoms with Crippen LogP contribution in [0.2, 0.25) is 0 Å². The van der Waals surface area contributed by atoms with E-state index >= 15 is 0 Å². The number of nitrogens with one attached hydrogen (secondary N) is 1. The Labute approximate surface area is 185 Å². The van der Waals surface area contributed by atoms with Crippen molar-refractivity contribution in [1.82, 2.24) is 14.9 Å². The van der Waals surface area contributed by atoms with Crippen LogP contribution in [-0.4, -0.2) is 39.9 Å². The maximum atomic E-state index is 13.1. The number of hydrogen-bond acceptors (Lipinski definition) is 3. The molecule has 1 aliphatic heterocycles. The molecule has 5 nitrogen and oxygen atoms in total. The Balaban J connectivity index is 0.00000120. The van der Waals surface area contributed by atoms with Crippen LogP contribution in [0.15, 0.2) is 24.3 Å². The van der Waals surface area contributed by atoms with Gasteiger partial charge in [-0.15, -0.1) is 24.8 Å². The van der Waals surface area contributed by atoms with E-state index in [0.29, 0.717) is 29.7 Å². The number of nitrogens with two attached hydrogens (primary N) is 1. The molecular weight excluding hydrogens is 407 g/mol. The number of likely N-dealkylation sites (tertiary alicyclic amines) is 1. The molecule has 1 aromatic heterocycles. The topological polar surface area (TPSA) is 75.0 Å². The number of aromatic nitrogens is 2. The second-order valence-corrected chi connectivity index (χ2v) is 8.94. The van der Waals surface area contributed by atoms with E-state index in [0.717, 1.165) is 55.6 Å². The van der Waals surface area contributed by atoms with Gasteiger partial charge in [-0.25, -0.2) is 4.98 Å². The minimum atomic E-state index is 0. The van der Waals surface area contributed by atoms with Crippen LogP contribution >= 0.6 is 24.8 Å². The fourth-order valence-electron chi connectivity index (χ4n) is 5.79. The molecule has 5 rings (SSSR count). The highest BCUT2D eigenvalue weighted by Gasteiger charge is 2.42. The monoisotopic (exact) mass is 438 g/mol. The Hall–Kier alpha value is -1.30. The van der Waals surface area contributed by atoms with Crippen LogP contribution in [0.3, 0.4) is 0 Å². The third kappa shape index (κ3) is 4.28. The van der Waals surface area contributed by atoms with Crippen molar-refractivity contribution in [2.24, 2.45) is 23.5 Å². The molecule has 2 unspecified atom stereocenters. The van der Waals surface area contributed by atoms with Gasteiger partial charge in [0.15, 0.2) is 0 Å². The normalized spacial score (nSPS) is 29.8. The van der Waals surface area contributed by atoms with Gasteiger partial charge in [0.1, 0.15) is 5.82 Å². The summed E-state index contributed by atoms with van der Waals surface area (Å²) in [6.07, 6.45) is 7.77. The SMILES string of the molecule is Cl.Cl.NC1C2CCCC1CC(C(=O)N1CCC(c3nc4ccccc4[nH]3)CC1)C2. The van der Waals surface area contributed by atoms with E-state index in [1.165, 1.54) is 19.3 Å². The Kier molecular flexibility index (Phi) is 7.13. The van der Waals surface area contributed by atoms with Gasteiger partial charge in [0, 0.05) is 31.0 Å². The van der Waals surface area contributed by atoms with Crippen molar-refractivity contribution in [3.63, 3.8) is 0 Å². The van der Waals surface area contributed by atoms with E-state index < -0.39 is 0 Å². The van der Waals surface area contributed by atoms with Crippen molar-refractivity contribution in [2.75, 3.05) is 13.1 Å². The second-order valence-electron chi connectivity index (χ2n) is 8.94. The molecule has 0 spiro atoms. The molecule has 160 valence electrons. The van der Waals surface area contributed by atoms with Gasteiger partial charge in [0.25, 0.3) is 0 Å². The molecule has 2 heterocycles. The van der Waals surface area contributed by atoms with Crippen molar-refractivity contribution < 1.29 is 4.79 Å². The third-order valence-corrected chi connectivity index (χ3v) is 7.36. The summed E-state index contributed by atoms with van der Waals surface area (Å²) >= 11 is 0. The first-order valence-electron chi connectivity index (χ1n) is 10.7. The van der Waals surface area contributed by atoms with E-state index in [9.17, 15) is 4.79 Å². The van der Waals surface area contributed by atoms with Crippen LogP contribution in [0.4, 0.5) is 0 Å². The second kappa shape index (κ2) is 9.23. The predicted molar refractivity (Wildman–Crippen MR) is 121 cm³/mol. The highest BCUT2D eigenvalue weighted by molar-refractivity contribution is 5.85. The molecule has 29 heavy (non-hydrogen) atoms. The highest BCUT2D eigenvalue weighted by Crippen LogP contribution is 2.42. The van der Waals surface area contributed by atoms with Crippen molar-refractivity contribution >= 4 is 41.8 Å². The number of aromatic amines is 1. The lowest BCUT2D eigenvalue weighted by atomic mass is 9.65. The van der Waals surface area contributed by atoms with E-state index in [4.69, 9.17) is 10.7 Å². The molecular formula is C22H32Cl2N4O. The summed E-state index contributed by atoms with van der Waals surface area (Å²) in [4.78, 5) is 23.5. The maximum absolute atomic E-state index is 13.1. The van der Waals surface area contributed by atoms with Crippen LogP contribution in [0.5, 0.6) is 0 Å². The minimum absolute atomic E-state index is 0. The Morgan fingerprint density at radius 3 is 2.34 bits per heavy atom. The highest BCUT2D eigenvalue weighted by atomic mass is 35.5. The number of H-pyrrole nitrogens is 1. The molecule has 1 amide bonds. The first-order chi connectivity index (χ1) is 13.2. The van der Waals surface area contributed by atoms with Gasteiger partial charge in [-0.1, -0.05) is 18.6 Å². The fraction of sp³-hybridized carbons (Fsp3) is 0.636. The van der Waals surface area contributed by atoms with Crippen LogP contribution in [0, 0.1) is 17.8 Å². The summed E-state index contributed by atoms with van der Waals surface area (Å²) in [7, 11) is 0. The zero-order valence-corrected chi connectivity index (χ0v) is 18.4. The molecule has 2 bridgehead atoms. The number of benzene rings is 1. The zero-order valence-electron chi connectivity index (χ0n) is 16.8. The lowest BCUT2D eigenvalue weighted by molar-refractivity contribution is -0.139. The number of para-hydroxylation sites is 2. The molecule has 2 aromatic rings. The van der Waals surface area contributed by atoms with E-state index in [2.05, 4.69) is 22.0 Å². The molecule has 3 N–H and O–H groups in total. The number of carbonyl (C=O) groups is 1. The van der Waals surface area contributed by atoms with Crippen molar-refractivity contribution in [3.8, 4) is 0 Å². The zero-order chi connectivity index (χ0) is 18.4. The van der Waals surface area contributed by atoms with Gasteiger partial charge < -0.3 is 15.6 Å². The van der Waals surface area contributed by atoms with E-state index in [1.54, 1.807) is 0 Å². The molecule has 1 saturated heterocycles. The number of amides is 1. The van der Waals surface area contributed by atoms with Gasteiger partial charge in [-0.2, -0.15) is 0 Å². The number of halogens is 2. The standard InChI is InChI=1S/C22H30N4O.2ClH/c23-20-15-4-3-5-16(20)13-17(12-15)22(27)26-10-8-14(9-11-26)21-24-18-6-1-2-7-19(18)25-21;;/h1-2,6-7,14-17,20H,3-5,8-13,23H2,(H,24,25);2*1H. The lowest BCUT2D eigenvalue weighted by Crippen LogP contribution is -2.50. The number of rotatable bonds is 2. The van der Waals surface area contributed by atoms with Gasteiger partial charge in [0.05, 0.1) is 11.0 Å². The summed E-state index contributed by atoms with van der Waals surface area (Å²) in [5.74, 6) is 3.26. The Morgan fingerprint density at radius 2 is 1.69 bits per heavy atom. The number of imidazole rings is 1. The summed E-state index contributed by atoms with van der Waals surface area (Å²) in [6, 6.07) is 8.53. The molecule has 3 fully saturated rings. The first kappa shape index (κ1) is 22.4. The molecule has 2 aliphatic carbocycles. The predicted octanol–water partition coefficient (Wildman–Crippen LogP) is 4.27. The van der Waals surface area contributed by atoms with E-state index in [-0.39, 0.29) is 30.7 Å². The summed E-state index contributed by atoms with van der Waals surface area (Å²) in [6.45, 7) is 1.72. The number of nitrogens with zero attached hydrogens (tertiary/aromatic N) is 2. The Morgan fingerprint density at radius 1 is 1.03 bits per heavy atom. The first-order valence-corrected chi connectivity index (χ1v) is 10.7. The van der Waals surface area contributed by atoms with Gasteiger partial charge in [-0.3, -0.25) is 4.79 Å². The third-order valence-electron chi connectivity index (χ3n) is 7.36. The largest absolute Gasteiger partial charge is 0.342 e.